The molecular formula is C12H21F3N2. The minimum absolute atomic E-state index is 0.256. The number of rotatable bonds is 2. The number of hydrogen-bond acceptors (Lipinski definition) is 2. The summed E-state index contributed by atoms with van der Waals surface area (Å²) in [4.78, 5) is 0. The molecule has 5 heteroatoms. The summed E-state index contributed by atoms with van der Waals surface area (Å²) in [7, 11) is 0. The third-order valence-corrected chi connectivity index (χ3v) is 3.91. The molecule has 0 bridgehead atoms. The molecule has 0 spiro atoms. The Morgan fingerprint density at radius 3 is 2.00 bits per heavy atom. The van der Waals surface area contributed by atoms with Crippen LogP contribution >= 0.6 is 0 Å². The van der Waals surface area contributed by atoms with Gasteiger partial charge < -0.3 is 0 Å². The van der Waals surface area contributed by atoms with E-state index in [4.69, 9.17) is 0 Å². The van der Waals surface area contributed by atoms with Gasteiger partial charge >= 0.3 is 6.18 Å². The van der Waals surface area contributed by atoms with Crippen LogP contribution in [0, 0.1) is 5.92 Å². The van der Waals surface area contributed by atoms with Crippen LogP contribution in [0.4, 0.5) is 13.2 Å². The number of halogens is 3. The average Bonchev–Trinajstić information content (AvgIpc) is 2.30. The first-order valence-electron chi connectivity index (χ1n) is 6.63. The Hall–Kier alpha value is -0.290. The fraction of sp³-hybridized carbons (Fsp3) is 1.00. The Morgan fingerprint density at radius 1 is 0.882 bits per heavy atom. The highest BCUT2D eigenvalue weighted by Gasteiger charge is 2.41. The highest BCUT2D eigenvalue weighted by molar-refractivity contribution is 4.80. The molecule has 1 saturated carbocycles. The molecule has 2 nitrogen and oxygen atoms in total. The van der Waals surface area contributed by atoms with Crippen LogP contribution in [0.15, 0.2) is 0 Å². The van der Waals surface area contributed by atoms with E-state index in [9.17, 15) is 13.2 Å². The first-order chi connectivity index (χ1) is 8.05. The molecular weight excluding hydrogens is 229 g/mol. The molecule has 1 saturated heterocycles. The van der Waals surface area contributed by atoms with Crippen LogP contribution in [0.1, 0.15) is 44.9 Å². The second-order valence-corrected chi connectivity index (χ2v) is 5.27. The zero-order valence-electron chi connectivity index (χ0n) is 10.1. The van der Waals surface area contributed by atoms with Crippen molar-refractivity contribution in [2.45, 2.75) is 57.2 Å². The van der Waals surface area contributed by atoms with Crippen LogP contribution in [-0.4, -0.2) is 30.3 Å². The van der Waals surface area contributed by atoms with Gasteiger partial charge in [-0.2, -0.15) is 13.2 Å². The van der Waals surface area contributed by atoms with Crippen LogP contribution in [0.2, 0.25) is 0 Å². The molecule has 1 aliphatic heterocycles. The van der Waals surface area contributed by atoms with E-state index in [0.717, 1.165) is 13.1 Å². The number of piperidine rings is 1. The van der Waals surface area contributed by atoms with E-state index in [-0.39, 0.29) is 18.9 Å². The molecule has 2 rings (SSSR count). The van der Waals surface area contributed by atoms with E-state index in [1.165, 1.54) is 19.3 Å². The number of hydrogen-bond donors (Lipinski definition) is 1. The molecule has 0 aromatic rings. The van der Waals surface area contributed by atoms with E-state index < -0.39 is 12.1 Å². The zero-order chi connectivity index (χ0) is 12.3. The Labute approximate surface area is 101 Å². The summed E-state index contributed by atoms with van der Waals surface area (Å²) in [6.45, 7) is 2.08. The normalized spacial score (nSPS) is 32.6. The van der Waals surface area contributed by atoms with E-state index in [1.54, 1.807) is 0 Å². The van der Waals surface area contributed by atoms with Crippen molar-refractivity contribution in [3.05, 3.63) is 0 Å². The Balaban J connectivity index is 1.71. The molecule has 0 aromatic carbocycles. The van der Waals surface area contributed by atoms with Crippen molar-refractivity contribution in [3.63, 3.8) is 0 Å². The summed E-state index contributed by atoms with van der Waals surface area (Å²) in [5, 5.41) is 2.20. The summed E-state index contributed by atoms with van der Waals surface area (Å²) >= 11 is 0. The molecule has 17 heavy (non-hydrogen) atoms. The van der Waals surface area contributed by atoms with Crippen molar-refractivity contribution >= 4 is 0 Å². The maximum Gasteiger partial charge on any atom is 0.391 e. The monoisotopic (exact) mass is 250 g/mol. The summed E-state index contributed by atoms with van der Waals surface area (Å²) in [6, 6.07) is 0.256. The van der Waals surface area contributed by atoms with Gasteiger partial charge in [0, 0.05) is 19.1 Å². The SMILES string of the molecule is FC(F)(F)C1CCC(NN2CCCCC2)CC1. The maximum absolute atomic E-state index is 12.5. The predicted octanol–water partition coefficient (Wildman–Crippen LogP) is 3.10. The van der Waals surface area contributed by atoms with Crippen LogP contribution < -0.4 is 5.43 Å². The third-order valence-electron chi connectivity index (χ3n) is 3.91. The fourth-order valence-electron chi connectivity index (χ4n) is 2.83. The van der Waals surface area contributed by atoms with Gasteiger partial charge in [-0.15, -0.1) is 0 Å². The molecule has 0 atom stereocenters. The standard InChI is InChI=1S/C12H21F3N2/c13-12(14,15)10-4-6-11(7-5-10)16-17-8-2-1-3-9-17/h10-11,16H,1-9H2. The first kappa shape index (κ1) is 13.1. The molecule has 0 amide bonds. The minimum Gasteiger partial charge on any atom is -0.252 e. The van der Waals surface area contributed by atoms with Gasteiger partial charge in [0.05, 0.1) is 5.92 Å². The first-order valence-corrected chi connectivity index (χ1v) is 6.63. The summed E-state index contributed by atoms with van der Waals surface area (Å²) in [5.74, 6) is -1.07. The third kappa shape index (κ3) is 3.85. The van der Waals surface area contributed by atoms with Gasteiger partial charge in [0.1, 0.15) is 0 Å². The number of hydrazine groups is 1. The minimum atomic E-state index is -3.99. The fourth-order valence-corrected chi connectivity index (χ4v) is 2.83. The van der Waals surface area contributed by atoms with Crippen molar-refractivity contribution in [3.8, 4) is 0 Å². The van der Waals surface area contributed by atoms with Crippen LogP contribution in [-0.2, 0) is 0 Å². The van der Waals surface area contributed by atoms with Crippen molar-refractivity contribution in [1.82, 2.24) is 10.4 Å². The summed E-state index contributed by atoms with van der Waals surface area (Å²) in [6.07, 6.45) is 1.57. The average molecular weight is 250 g/mol. The second-order valence-electron chi connectivity index (χ2n) is 5.27. The maximum atomic E-state index is 12.5. The van der Waals surface area contributed by atoms with E-state index in [1.807, 2.05) is 0 Å². The van der Waals surface area contributed by atoms with Crippen LogP contribution in [0.25, 0.3) is 0 Å². The van der Waals surface area contributed by atoms with Gasteiger partial charge in [-0.25, -0.2) is 5.01 Å². The Morgan fingerprint density at radius 2 is 1.47 bits per heavy atom. The molecule has 1 N–H and O–H groups in total. The van der Waals surface area contributed by atoms with Crippen molar-refractivity contribution in [1.29, 1.82) is 0 Å². The van der Waals surface area contributed by atoms with Gasteiger partial charge in [-0.05, 0) is 38.5 Å². The van der Waals surface area contributed by atoms with Gasteiger partial charge in [-0.3, -0.25) is 5.43 Å². The molecule has 2 fully saturated rings. The van der Waals surface area contributed by atoms with Gasteiger partial charge in [0.2, 0.25) is 0 Å². The molecule has 1 heterocycles. The summed E-state index contributed by atoms with van der Waals surface area (Å²) < 4.78 is 37.5. The van der Waals surface area contributed by atoms with Crippen molar-refractivity contribution in [2.24, 2.45) is 5.92 Å². The van der Waals surface area contributed by atoms with Gasteiger partial charge in [0.25, 0.3) is 0 Å². The van der Waals surface area contributed by atoms with E-state index in [0.29, 0.717) is 12.8 Å². The number of nitrogens with one attached hydrogen (secondary N) is 1. The lowest BCUT2D eigenvalue weighted by atomic mass is 9.86. The van der Waals surface area contributed by atoms with Crippen molar-refractivity contribution in [2.75, 3.05) is 13.1 Å². The lowest BCUT2D eigenvalue weighted by molar-refractivity contribution is -0.183. The molecule has 0 unspecified atom stereocenters. The smallest absolute Gasteiger partial charge is 0.252 e. The Kier molecular flexibility index (Phi) is 4.31. The highest BCUT2D eigenvalue weighted by atomic mass is 19.4. The molecule has 0 aromatic heterocycles. The summed E-state index contributed by atoms with van der Waals surface area (Å²) in [5.41, 5.74) is 3.40. The highest BCUT2D eigenvalue weighted by Crippen LogP contribution is 2.37. The molecule has 100 valence electrons. The predicted molar refractivity (Wildman–Crippen MR) is 60.4 cm³/mol. The number of alkyl halides is 3. The van der Waals surface area contributed by atoms with E-state index in [2.05, 4.69) is 10.4 Å². The molecule has 1 aliphatic carbocycles. The quantitative estimate of drug-likeness (QED) is 0.810. The topological polar surface area (TPSA) is 15.3 Å². The van der Waals surface area contributed by atoms with Gasteiger partial charge in [0.15, 0.2) is 0 Å². The number of nitrogens with zero attached hydrogens (tertiary/aromatic N) is 1. The Bertz CT molecular complexity index is 228. The van der Waals surface area contributed by atoms with Crippen molar-refractivity contribution < 1.29 is 13.2 Å². The lowest BCUT2D eigenvalue weighted by Gasteiger charge is -2.35. The molecule has 0 radical (unpaired) electrons. The lowest BCUT2D eigenvalue weighted by Crippen LogP contribution is -2.49. The zero-order valence-corrected chi connectivity index (χ0v) is 10.1. The van der Waals surface area contributed by atoms with Crippen LogP contribution in [0.5, 0.6) is 0 Å². The second kappa shape index (κ2) is 5.57. The van der Waals surface area contributed by atoms with E-state index >= 15 is 0 Å². The van der Waals surface area contributed by atoms with Gasteiger partial charge in [-0.1, -0.05) is 6.42 Å². The van der Waals surface area contributed by atoms with Crippen LogP contribution in [0.3, 0.4) is 0 Å². The molecule has 2 aliphatic rings. The largest absolute Gasteiger partial charge is 0.391 e.